The van der Waals surface area contributed by atoms with Crippen molar-refractivity contribution in [1.82, 2.24) is 5.32 Å². The molecule has 0 saturated heterocycles. The minimum absolute atomic E-state index is 0.00688. The Labute approximate surface area is 155 Å². The number of ether oxygens (including phenoxy) is 3. The molecule has 1 aliphatic rings. The number of nitrogens with zero attached hydrogens (tertiary/aromatic N) is 1. The van der Waals surface area contributed by atoms with E-state index >= 15 is 0 Å². The highest BCUT2D eigenvalue weighted by Crippen LogP contribution is 2.44. The number of rotatable bonds is 8. The summed E-state index contributed by atoms with van der Waals surface area (Å²) in [5.41, 5.74) is 6.47. The monoisotopic (exact) mass is 373 g/mol. The summed E-state index contributed by atoms with van der Waals surface area (Å²) in [6.07, 6.45) is 0. The van der Waals surface area contributed by atoms with Crippen molar-refractivity contribution in [1.29, 1.82) is 0 Å². The van der Waals surface area contributed by atoms with Crippen LogP contribution in [0.1, 0.15) is 18.1 Å². The Morgan fingerprint density at radius 1 is 1.26 bits per heavy atom. The maximum Gasteiger partial charge on any atom is 0.276 e. The number of nitrogens with two attached hydrogens (primary N) is 1. The van der Waals surface area contributed by atoms with Gasteiger partial charge in [0.1, 0.15) is 6.61 Å². The predicted molar refractivity (Wildman–Crippen MR) is 95.5 cm³/mol. The van der Waals surface area contributed by atoms with Crippen LogP contribution in [0.5, 0.6) is 17.2 Å². The zero-order chi connectivity index (χ0) is 19.4. The first-order chi connectivity index (χ1) is 13.0. The molecule has 0 bridgehead atoms. The largest absolute Gasteiger partial charge is 0.485 e. The molecule has 3 N–H and O–H groups in total. The number of nitro groups is 1. The second kappa shape index (κ2) is 7.92. The molecule has 0 fully saturated rings. The molecule has 9 heteroatoms. The van der Waals surface area contributed by atoms with E-state index in [0.717, 1.165) is 5.56 Å². The minimum Gasteiger partial charge on any atom is -0.485 e. The lowest BCUT2D eigenvalue weighted by Crippen LogP contribution is -2.38. The fraction of sp³-hybridized carbons (Fsp3) is 0.278. The summed E-state index contributed by atoms with van der Waals surface area (Å²) < 4.78 is 16.7. The Bertz CT molecular complexity index is 870. The van der Waals surface area contributed by atoms with Crippen molar-refractivity contribution < 1.29 is 23.9 Å². The van der Waals surface area contributed by atoms with Crippen LogP contribution in [0.25, 0.3) is 0 Å². The van der Waals surface area contributed by atoms with Gasteiger partial charge in [0, 0.05) is 18.2 Å². The zero-order valence-corrected chi connectivity index (χ0v) is 14.6. The Morgan fingerprint density at radius 3 is 2.74 bits per heavy atom. The minimum atomic E-state index is -0.488. The topological polar surface area (TPSA) is 126 Å². The smallest absolute Gasteiger partial charge is 0.276 e. The van der Waals surface area contributed by atoms with Crippen molar-refractivity contribution in [3.63, 3.8) is 0 Å². The van der Waals surface area contributed by atoms with Gasteiger partial charge in [-0.3, -0.25) is 14.9 Å². The summed E-state index contributed by atoms with van der Waals surface area (Å²) in [5.74, 6) is 0.916. The van der Waals surface area contributed by atoms with Gasteiger partial charge in [0.2, 0.25) is 18.4 Å². The van der Waals surface area contributed by atoms with Gasteiger partial charge in [-0.15, -0.1) is 0 Å². The molecule has 2 aromatic carbocycles. The van der Waals surface area contributed by atoms with Crippen LogP contribution >= 0.6 is 0 Å². The van der Waals surface area contributed by atoms with Gasteiger partial charge in [-0.05, 0) is 19.1 Å². The molecule has 0 aromatic heterocycles. The van der Waals surface area contributed by atoms with Crippen LogP contribution in [-0.2, 0) is 17.9 Å². The fourth-order valence-electron chi connectivity index (χ4n) is 2.61. The molecule has 27 heavy (non-hydrogen) atoms. The number of carbonyl (C=O) groups is 1. The van der Waals surface area contributed by atoms with Crippen molar-refractivity contribution in [2.45, 2.75) is 26.1 Å². The lowest BCUT2D eigenvalue weighted by Gasteiger charge is -2.14. The molecule has 2 aromatic rings. The lowest BCUT2D eigenvalue weighted by atomic mass is 10.1. The van der Waals surface area contributed by atoms with E-state index in [-0.39, 0.29) is 19.1 Å². The molecule has 1 aliphatic heterocycles. The Balaban J connectivity index is 1.75. The molecule has 1 unspecified atom stereocenters. The Morgan fingerprint density at radius 2 is 2.00 bits per heavy atom. The highest BCUT2D eigenvalue weighted by molar-refractivity contribution is 5.79. The summed E-state index contributed by atoms with van der Waals surface area (Å²) in [5, 5.41) is 14.1. The third-order valence-corrected chi connectivity index (χ3v) is 4.16. The van der Waals surface area contributed by atoms with Crippen molar-refractivity contribution in [2.75, 3.05) is 6.79 Å². The number of para-hydroxylation sites is 1. The van der Waals surface area contributed by atoms with Crippen LogP contribution in [0, 0.1) is 10.1 Å². The van der Waals surface area contributed by atoms with E-state index in [4.69, 9.17) is 19.9 Å². The number of carbonyl (C=O) groups excluding carboxylic acids is 1. The molecule has 0 aliphatic carbocycles. The van der Waals surface area contributed by atoms with E-state index in [9.17, 15) is 14.9 Å². The van der Waals surface area contributed by atoms with Crippen LogP contribution < -0.4 is 25.3 Å². The van der Waals surface area contributed by atoms with E-state index in [2.05, 4.69) is 5.32 Å². The van der Waals surface area contributed by atoms with Crippen LogP contribution in [0.3, 0.4) is 0 Å². The number of amides is 1. The maximum atomic E-state index is 11.1. The van der Waals surface area contributed by atoms with Gasteiger partial charge >= 0.3 is 0 Å². The molecular weight excluding hydrogens is 354 g/mol. The van der Waals surface area contributed by atoms with Crippen LogP contribution in [-0.4, -0.2) is 23.7 Å². The molecule has 0 radical (unpaired) electrons. The van der Waals surface area contributed by atoms with Crippen molar-refractivity contribution in [3.8, 4) is 17.2 Å². The molecule has 0 spiro atoms. The molecular formula is C18H19N3O6. The van der Waals surface area contributed by atoms with Crippen LogP contribution in [0.4, 0.5) is 5.69 Å². The SMILES string of the molecule is CC(NCc1ccc(OCc2ccccc2[N+](=O)[O-])c2c1OCO2)C(N)=O. The zero-order valence-electron chi connectivity index (χ0n) is 14.6. The van der Waals surface area contributed by atoms with Crippen LogP contribution in [0.15, 0.2) is 36.4 Å². The normalized spacial score (nSPS) is 13.2. The maximum absolute atomic E-state index is 11.1. The van der Waals surface area contributed by atoms with Crippen molar-refractivity contribution >= 4 is 11.6 Å². The standard InChI is InChI=1S/C18H19N3O6/c1-11(18(19)22)20-8-12-6-7-15(17-16(12)26-10-27-17)25-9-13-4-2-3-5-14(13)21(23)24/h2-7,11,20H,8-10H2,1H3,(H2,19,22). The lowest BCUT2D eigenvalue weighted by molar-refractivity contribution is -0.385. The number of primary amides is 1. The van der Waals surface area contributed by atoms with E-state index < -0.39 is 16.9 Å². The Hall–Kier alpha value is -3.33. The number of nitro benzene ring substituents is 1. The molecule has 142 valence electrons. The summed E-state index contributed by atoms with van der Waals surface area (Å²) in [6, 6.07) is 9.38. The van der Waals surface area contributed by atoms with Gasteiger partial charge in [0.25, 0.3) is 5.69 Å². The Kier molecular flexibility index (Phi) is 5.41. The first-order valence-corrected chi connectivity index (χ1v) is 8.26. The van der Waals surface area contributed by atoms with E-state index in [0.29, 0.717) is 29.4 Å². The number of hydrogen-bond donors (Lipinski definition) is 2. The third kappa shape index (κ3) is 4.09. The highest BCUT2D eigenvalue weighted by Gasteiger charge is 2.24. The molecule has 1 heterocycles. The summed E-state index contributed by atoms with van der Waals surface area (Å²) >= 11 is 0. The molecule has 0 saturated carbocycles. The number of fused-ring (bicyclic) bond motifs is 1. The predicted octanol–water partition coefficient (Wildman–Crippen LogP) is 1.87. The summed E-state index contributed by atoms with van der Waals surface area (Å²) in [7, 11) is 0. The van der Waals surface area contributed by atoms with Gasteiger partial charge in [-0.1, -0.05) is 18.2 Å². The van der Waals surface area contributed by atoms with Gasteiger partial charge in [0.15, 0.2) is 11.5 Å². The van der Waals surface area contributed by atoms with E-state index in [1.807, 2.05) is 0 Å². The van der Waals surface area contributed by atoms with Gasteiger partial charge in [0.05, 0.1) is 16.5 Å². The average Bonchev–Trinajstić information content (AvgIpc) is 3.15. The first-order valence-electron chi connectivity index (χ1n) is 8.26. The van der Waals surface area contributed by atoms with Crippen LogP contribution in [0.2, 0.25) is 0 Å². The average molecular weight is 373 g/mol. The highest BCUT2D eigenvalue weighted by atomic mass is 16.7. The second-order valence-electron chi connectivity index (χ2n) is 5.97. The second-order valence-corrected chi connectivity index (χ2v) is 5.97. The summed E-state index contributed by atoms with van der Waals surface area (Å²) in [4.78, 5) is 21.8. The number of nitrogens with one attached hydrogen (secondary N) is 1. The van der Waals surface area contributed by atoms with Crippen molar-refractivity contribution in [2.24, 2.45) is 5.73 Å². The van der Waals surface area contributed by atoms with Gasteiger partial charge < -0.3 is 25.3 Å². The molecule has 1 amide bonds. The number of hydrogen-bond acceptors (Lipinski definition) is 7. The molecule has 3 rings (SSSR count). The van der Waals surface area contributed by atoms with Crippen molar-refractivity contribution in [3.05, 3.63) is 57.6 Å². The fourth-order valence-corrected chi connectivity index (χ4v) is 2.61. The number of benzene rings is 2. The van der Waals surface area contributed by atoms with Gasteiger partial charge in [-0.25, -0.2) is 0 Å². The molecule has 9 nitrogen and oxygen atoms in total. The quantitative estimate of drug-likeness (QED) is 0.534. The summed E-state index contributed by atoms with van der Waals surface area (Å²) in [6.45, 7) is 2.09. The first kappa shape index (κ1) is 18.5. The van der Waals surface area contributed by atoms with E-state index in [1.54, 1.807) is 37.3 Å². The third-order valence-electron chi connectivity index (χ3n) is 4.16. The van der Waals surface area contributed by atoms with E-state index in [1.165, 1.54) is 6.07 Å². The molecule has 1 atom stereocenters. The van der Waals surface area contributed by atoms with Gasteiger partial charge in [-0.2, -0.15) is 0 Å².